The Labute approximate surface area is 287 Å². The van der Waals surface area contributed by atoms with E-state index in [1.807, 2.05) is 0 Å². The Kier molecular flexibility index (Phi) is 6.92. The highest BCUT2D eigenvalue weighted by Crippen LogP contribution is 2.66. The molecule has 0 aromatic carbocycles. The van der Waals surface area contributed by atoms with Gasteiger partial charge in [0.05, 0.1) is 10.8 Å². The molecule has 49 heavy (non-hydrogen) atoms. The second-order valence-electron chi connectivity index (χ2n) is 19.4. The number of alkyl halides is 2. The summed E-state index contributed by atoms with van der Waals surface area (Å²) in [6.07, 6.45) is 14.6. The number of ether oxygens (including phenoxy) is 5. The van der Waals surface area contributed by atoms with E-state index in [1.165, 1.54) is 38.5 Å². The van der Waals surface area contributed by atoms with Crippen molar-refractivity contribution in [2.75, 3.05) is 13.2 Å². The summed E-state index contributed by atoms with van der Waals surface area (Å²) in [6.45, 7) is 0.658. The Morgan fingerprint density at radius 1 is 0.592 bits per heavy atom. The molecule has 1 spiro atoms. The van der Waals surface area contributed by atoms with Crippen LogP contribution in [0, 0.1) is 64.1 Å². The summed E-state index contributed by atoms with van der Waals surface area (Å²) < 4.78 is 59.8. The molecule has 12 saturated carbocycles. The van der Waals surface area contributed by atoms with Crippen LogP contribution in [-0.2, 0) is 38.1 Å². The van der Waals surface area contributed by atoms with E-state index in [9.17, 15) is 23.2 Å². The molecule has 0 aromatic rings. The predicted molar refractivity (Wildman–Crippen MR) is 169 cm³/mol. The lowest BCUT2D eigenvalue weighted by molar-refractivity contribution is -0.326. The zero-order valence-electron chi connectivity index (χ0n) is 28.8. The zero-order chi connectivity index (χ0) is 33.6. The largest absolute Gasteiger partial charge is 0.462 e. The van der Waals surface area contributed by atoms with E-state index in [4.69, 9.17) is 23.7 Å². The molecule has 13 aliphatic rings. The summed E-state index contributed by atoms with van der Waals surface area (Å²) in [4.78, 5) is 40.2. The van der Waals surface area contributed by atoms with E-state index in [2.05, 4.69) is 0 Å². The number of carbonyl (C=O) groups is 3. The maximum absolute atomic E-state index is 14.0. The molecule has 12 aliphatic carbocycles. The van der Waals surface area contributed by atoms with Crippen LogP contribution in [0.4, 0.5) is 8.78 Å². The van der Waals surface area contributed by atoms with E-state index in [-0.39, 0.29) is 42.9 Å². The molecule has 4 unspecified atom stereocenters. The van der Waals surface area contributed by atoms with E-state index in [0.717, 1.165) is 51.4 Å². The van der Waals surface area contributed by atoms with Crippen LogP contribution in [0.3, 0.4) is 0 Å². The Bertz CT molecular complexity index is 1260. The van der Waals surface area contributed by atoms with E-state index in [1.54, 1.807) is 0 Å². The fourth-order valence-corrected chi connectivity index (χ4v) is 14.9. The molecule has 12 bridgehead atoms. The van der Waals surface area contributed by atoms with Crippen LogP contribution >= 0.6 is 0 Å². The molecule has 1 heterocycles. The van der Waals surface area contributed by atoms with Crippen LogP contribution in [0.1, 0.15) is 116 Å². The van der Waals surface area contributed by atoms with Crippen LogP contribution in [0.15, 0.2) is 0 Å². The van der Waals surface area contributed by atoms with Crippen LogP contribution < -0.4 is 0 Å². The lowest BCUT2D eigenvalue weighted by atomic mass is 9.49. The highest BCUT2D eigenvalue weighted by atomic mass is 19.3. The molecule has 270 valence electrons. The molecule has 13 fully saturated rings. The van der Waals surface area contributed by atoms with Crippen molar-refractivity contribution in [3.8, 4) is 0 Å². The number of rotatable bonds is 8. The first-order valence-corrected chi connectivity index (χ1v) is 19.6. The minimum atomic E-state index is -3.56. The Morgan fingerprint density at radius 2 is 0.959 bits per heavy atom. The molecule has 1 saturated heterocycles. The number of carbonyl (C=O) groups excluding carboxylic acids is 3. The van der Waals surface area contributed by atoms with Gasteiger partial charge >= 0.3 is 23.8 Å². The van der Waals surface area contributed by atoms with Crippen LogP contribution in [0.25, 0.3) is 0 Å². The van der Waals surface area contributed by atoms with Gasteiger partial charge in [-0.15, -0.1) is 0 Å². The molecule has 1 aliphatic heterocycles. The minimum absolute atomic E-state index is 0.0347. The quantitative estimate of drug-likeness (QED) is 0.204. The fraction of sp³-hybridized carbons (Fsp3) is 0.923. The van der Waals surface area contributed by atoms with Crippen molar-refractivity contribution in [2.24, 2.45) is 64.1 Å². The third-order valence-corrected chi connectivity index (χ3v) is 15.7. The first-order chi connectivity index (χ1) is 23.3. The van der Waals surface area contributed by atoms with Crippen molar-refractivity contribution in [1.82, 2.24) is 0 Å². The van der Waals surface area contributed by atoms with Gasteiger partial charge in [0, 0.05) is 18.8 Å². The summed E-state index contributed by atoms with van der Waals surface area (Å²) in [5, 5.41) is 0. The van der Waals surface area contributed by atoms with Crippen molar-refractivity contribution in [3.63, 3.8) is 0 Å². The van der Waals surface area contributed by atoms with Crippen LogP contribution in [-0.4, -0.2) is 60.6 Å². The van der Waals surface area contributed by atoms with E-state index < -0.39 is 46.3 Å². The van der Waals surface area contributed by atoms with Gasteiger partial charge in [-0.2, -0.15) is 8.78 Å². The molecule has 0 N–H and O–H groups in total. The van der Waals surface area contributed by atoms with Gasteiger partial charge in [-0.25, -0.2) is 4.79 Å². The van der Waals surface area contributed by atoms with Gasteiger partial charge in [-0.1, -0.05) is 0 Å². The monoisotopic (exact) mass is 686 g/mol. The Hall–Kier alpha value is -1.81. The summed E-state index contributed by atoms with van der Waals surface area (Å²) in [6, 6.07) is 0. The normalized spacial score (nSPS) is 52.6. The van der Waals surface area contributed by atoms with Gasteiger partial charge in [0.2, 0.25) is 0 Å². The number of halogens is 2. The maximum Gasteiger partial charge on any atom is 0.377 e. The molecule has 4 atom stereocenters. The smallest absolute Gasteiger partial charge is 0.377 e. The number of hydrogen-bond donors (Lipinski definition) is 0. The maximum atomic E-state index is 14.0. The van der Waals surface area contributed by atoms with Crippen LogP contribution in [0.5, 0.6) is 0 Å². The average Bonchev–Trinajstić information content (AvgIpc) is 3.38. The topological polar surface area (TPSA) is 97.4 Å². The van der Waals surface area contributed by atoms with Crippen molar-refractivity contribution in [1.29, 1.82) is 0 Å². The van der Waals surface area contributed by atoms with Gasteiger partial charge < -0.3 is 23.7 Å². The summed E-state index contributed by atoms with van der Waals surface area (Å²) >= 11 is 0. The van der Waals surface area contributed by atoms with Gasteiger partial charge in [0.1, 0.15) is 31.0 Å². The lowest BCUT2D eigenvalue weighted by Crippen LogP contribution is -2.65. The summed E-state index contributed by atoms with van der Waals surface area (Å²) in [5.41, 5.74) is -1.74. The van der Waals surface area contributed by atoms with Gasteiger partial charge in [0.25, 0.3) is 0 Å². The lowest BCUT2D eigenvalue weighted by Gasteiger charge is -2.62. The molecule has 13 rings (SSSR count). The van der Waals surface area contributed by atoms with Crippen molar-refractivity contribution >= 4 is 17.9 Å². The highest BCUT2D eigenvalue weighted by molar-refractivity contribution is 5.78. The number of hydrogen-bond acceptors (Lipinski definition) is 8. The summed E-state index contributed by atoms with van der Waals surface area (Å²) in [5.74, 6) is -2.67. The molecule has 10 heteroatoms. The Balaban J connectivity index is 0.879. The van der Waals surface area contributed by atoms with E-state index >= 15 is 0 Å². The van der Waals surface area contributed by atoms with Gasteiger partial charge in [-0.05, 0) is 151 Å². The molecular formula is C39H52F2O8. The molecule has 0 radical (unpaired) electrons. The predicted octanol–water partition coefficient (Wildman–Crippen LogP) is 6.76. The second-order valence-corrected chi connectivity index (χ2v) is 19.4. The Morgan fingerprint density at radius 3 is 1.33 bits per heavy atom. The fourth-order valence-electron chi connectivity index (χ4n) is 14.9. The standard InChI is InChI=1S/C39H52F2O8/c1-35(40,41)32(42)49-38-16-27-8-28(17-38)39(29(9-27)18-38)47-30(19-45-33(43)36-10-21-2-22(11-36)4-23(3-21)12-36)31(48-39)20-46-34(44)37-13-24-5-25(14-37)7-26(6-24)15-37/h21-31H,2-20H2,1H3. The summed E-state index contributed by atoms with van der Waals surface area (Å²) in [7, 11) is 0. The molecule has 8 nitrogen and oxygen atoms in total. The molecular weight excluding hydrogens is 634 g/mol. The molecule has 0 amide bonds. The van der Waals surface area contributed by atoms with Crippen molar-refractivity contribution < 1.29 is 46.8 Å². The third-order valence-electron chi connectivity index (χ3n) is 15.7. The van der Waals surface area contributed by atoms with Crippen molar-refractivity contribution in [3.05, 3.63) is 0 Å². The highest BCUT2D eigenvalue weighted by Gasteiger charge is 2.69. The van der Waals surface area contributed by atoms with Crippen molar-refractivity contribution in [2.45, 2.75) is 146 Å². The first-order valence-electron chi connectivity index (χ1n) is 19.6. The van der Waals surface area contributed by atoms with E-state index in [0.29, 0.717) is 61.7 Å². The average molecular weight is 687 g/mol. The number of esters is 3. The van der Waals surface area contributed by atoms with Gasteiger partial charge in [-0.3, -0.25) is 9.59 Å². The van der Waals surface area contributed by atoms with Crippen LogP contribution in [0.2, 0.25) is 0 Å². The second kappa shape index (κ2) is 10.6. The molecule has 0 aromatic heterocycles. The minimum Gasteiger partial charge on any atom is -0.462 e. The third kappa shape index (κ3) is 5.01. The first kappa shape index (κ1) is 31.9. The van der Waals surface area contributed by atoms with Gasteiger partial charge in [0.15, 0.2) is 5.79 Å². The zero-order valence-corrected chi connectivity index (χ0v) is 28.8. The SMILES string of the molecule is CC(F)(F)C(=O)OC12CC3CC(C1)C1(OC(COC(=O)C45CC6CC(CC(C6)C4)C5)C(COC(=O)C45CC6CC(CC(C6)C4)C5)O1)C(C3)C2.